The predicted molar refractivity (Wildman–Crippen MR) is 88.5 cm³/mol. The van der Waals surface area contributed by atoms with Crippen molar-refractivity contribution in [2.75, 3.05) is 26.7 Å². The van der Waals surface area contributed by atoms with Crippen molar-refractivity contribution in [3.63, 3.8) is 0 Å². The van der Waals surface area contributed by atoms with Crippen molar-refractivity contribution in [1.29, 1.82) is 0 Å². The Hall–Kier alpha value is -2.21. The van der Waals surface area contributed by atoms with Crippen LogP contribution in [0.2, 0.25) is 0 Å². The number of rotatable bonds is 5. The average molecular weight is 313 g/mol. The second kappa shape index (κ2) is 7.37. The highest BCUT2D eigenvalue weighted by molar-refractivity contribution is 5.92. The molecule has 0 bridgehead atoms. The van der Waals surface area contributed by atoms with Crippen LogP contribution in [0.1, 0.15) is 29.8 Å². The van der Waals surface area contributed by atoms with Crippen LogP contribution in [0.15, 0.2) is 36.5 Å². The van der Waals surface area contributed by atoms with Crippen LogP contribution in [0.3, 0.4) is 0 Å². The van der Waals surface area contributed by atoms with Gasteiger partial charge in [0.1, 0.15) is 0 Å². The van der Waals surface area contributed by atoms with Crippen molar-refractivity contribution in [1.82, 2.24) is 25.2 Å². The number of aromatic nitrogens is 3. The molecule has 1 aromatic heterocycles. The smallest absolute Gasteiger partial charge is 0.271 e. The molecule has 2 aromatic rings. The summed E-state index contributed by atoms with van der Waals surface area (Å²) in [6.45, 7) is 3.00. The van der Waals surface area contributed by atoms with Gasteiger partial charge in [0.15, 0.2) is 5.69 Å². The van der Waals surface area contributed by atoms with Gasteiger partial charge in [-0.2, -0.15) is 0 Å². The molecule has 3 rings (SSSR count). The number of hydrogen-bond acceptors (Lipinski definition) is 4. The molecule has 0 spiro atoms. The summed E-state index contributed by atoms with van der Waals surface area (Å²) in [4.78, 5) is 14.7. The van der Waals surface area contributed by atoms with E-state index in [4.69, 9.17) is 0 Å². The number of carbonyl (C=O) groups is 1. The molecule has 0 saturated carbocycles. The van der Waals surface area contributed by atoms with Crippen LogP contribution in [0.4, 0.5) is 0 Å². The lowest BCUT2D eigenvalue weighted by Gasteiger charge is -2.29. The topological polar surface area (TPSA) is 63.1 Å². The summed E-state index contributed by atoms with van der Waals surface area (Å²) in [5.74, 6) is 0.550. The molecule has 1 amide bonds. The second-order valence-corrected chi connectivity index (χ2v) is 6.18. The van der Waals surface area contributed by atoms with Gasteiger partial charge >= 0.3 is 0 Å². The highest BCUT2D eigenvalue weighted by Crippen LogP contribution is 2.17. The first-order chi connectivity index (χ1) is 11.2. The van der Waals surface area contributed by atoms with Crippen LogP contribution in [-0.4, -0.2) is 52.5 Å². The Labute approximate surface area is 136 Å². The monoisotopic (exact) mass is 313 g/mol. The van der Waals surface area contributed by atoms with Crippen LogP contribution in [-0.2, 0) is 0 Å². The van der Waals surface area contributed by atoms with Gasteiger partial charge in [0, 0.05) is 13.1 Å². The van der Waals surface area contributed by atoms with Gasteiger partial charge in [0.2, 0.25) is 0 Å². The van der Waals surface area contributed by atoms with E-state index in [-0.39, 0.29) is 5.91 Å². The molecule has 1 aromatic carbocycles. The summed E-state index contributed by atoms with van der Waals surface area (Å²) >= 11 is 0. The number of nitrogens with zero attached hydrogens (tertiary/aromatic N) is 4. The second-order valence-electron chi connectivity index (χ2n) is 6.18. The third-order valence-corrected chi connectivity index (χ3v) is 4.34. The average Bonchev–Trinajstić information content (AvgIpc) is 3.05. The molecule has 1 aliphatic heterocycles. The fraction of sp³-hybridized carbons (Fsp3) is 0.471. The van der Waals surface area contributed by atoms with Crippen LogP contribution in [0.5, 0.6) is 0 Å². The summed E-state index contributed by atoms with van der Waals surface area (Å²) in [5.41, 5.74) is 1.31. The van der Waals surface area contributed by atoms with Gasteiger partial charge in [-0.3, -0.25) is 4.79 Å². The normalized spacial score (nSPS) is 18.7. The van der Waals surface area contributed by atoms with Gasteiger partial charge in [0.05, 0.1) is 11.9 Å². The maximum atomic E-state index is 12.4. The maximum absolute atomic E-state index is 12.4. The Morgan fingerprint density at radius 1 is 1.35 bits per heavy atom. The Kier molecular flexibility index (Phi) is 5.02. The highest BCUT2D eigenvalue weighted by Gasteiger charge is 2.18. The quantitative estimate of drug-likeness (QED) is 0.913. The van der Waals surface area contributed by atoms with Crippen LogP contribution >= 0.6 is 0 Å². The van der Waals surface area contributed by atoms with Gasteiger partial charge in [-0.15, -0.1) is 5.10 Å². The zero-order chi connectivity index (χ0) is 16.1. The highest BCUT2D eigenvalue weighted by atomic mass is 16.2. The van der Waals surface area contributed by atoms with Gasteiger partial charge in [-0.1, -0.05) is 23.4 Å². The van der Waals surface area contributed by atoms with E-state index in [1.54, 1.807) is 4.68 Å². The number of nitrogens with one attached hydrogen (secondary N) is 1. The third kappa shape index (κ3) is 3.96. The van der Waals surface area contributed by atoms with Crippen molar-refractivity contribution in [2.45, 2.75) is 19.3 Å². The maximum Gasteiger partial charge on any atom is 0.271 e. The van der Waals surface area contributed by atoms with E-state index in [1.807, 2.05) is 30.3 Å². The molecule has 1 saturated heterocycles. The summed E-state index contributed by atoms with van der Waals surface area (Å²) in [6, 6.07) is 9.57. The van der Waals surface area contributed by atoms with Crippen LogP contribution in [0.25, 0.3) is 5.69 Å². The minimum atomic E-state index is -0.122. The zero-order valence-electron chi connectivity index (χ0n) is 13.5. The first-order valence-electron chi connectivity index (χ1n) is 8.17. The number of para-hydroxylation sites is 1. The van der Waals surface area contributed by atoms with Crippen LogP contribution < -0.4 is 5.32 Å². The first-order valence-corrected chi connectivity index (χ1v) is 8.17. The minimum absolute atomic E-state index is 0.122. The van der Waals surface area contributed by atoms with Crippen molar-refractivity contribution in [3.8, 4) is 5.69 Å². The number of piperidine rings is 1. The molecule has 1 aliphatic rings. The van der Waals surface area contributed by atoms with Gasteiger partial charge in [-0.25, -0.2) is 4.68 Å². The number of likely N-dealkylation sites (tertiary alicyclic amines) is 1. The largest absolute Gasteiger partial charge is 0.351 e. The number of hydrogen-bond donors (Lipinski definition) is 1. The van der Waals surface area contributed by atoms with Crippen molar-refractivity contribution >= 4 is 5.91 Å². The Balaban J connectivity index is 1.56. The molecule has 23 heavy (non-hydrogen) atoms. The molecule has 1 unspecified atom stereocenters. The molecule has 122 valence electrons. The lowest BCUT2D eigenvalue weighted by molar-refractivity contribution is 0.0940. The van der Waals surface area contributed by atoms with Gasteiger partial charge in [-0.05, 0) is 50.9 Å². The van der Waals surface area contributed by atoms with Crippen molar-refractivity contribution < 1.29 is 4.79 Å². The molecule has 6 heteroatoms. The van der Waals surface area contributed by atoms with E-state index < -0.39 is 0 Å². The van der Waals surface area contributed by atoms with Crippen LogP contribution in [0, 0.1) is 5.92 Å². The fourth-order valence-corrected chi connectivity index (χ4v) is 3.14. The van der Waals surface area contributed by atoms with E-state index in [0.29, 0.717) is 18.2 Å². The Morgan fingerprint density at radius 3 is 2.96 bits per heavy atom. The summed E-state index contributed by atoms with van der Waals surface area (Å²) < 4.78 is 1.57. The summed E-state index contributed by atoms with van der Waals surface area (Å²) in [6.07, 6.45) is 5.03. The summed E-state index contributed by atoms with van der Waals surface area (Å²) in [5, 5.41) is 10.9. The lowest BCUT2D eigenvalue weighted by atomic mass is 9.95. The minimum Gasteiger partial charge on any atom is -0.351 e. The van der Waals surface area contributed by atoms with Crippen molar-refractivity contribution in [2.24, 2.45) is 5.92 Å². The van der Waals surface area contributed by atoms with Crippen molar-refractivity contribution in [3.05, 3.63) is 42.2 Å². The number of amides is 1. The first kappa shape index (κ1) is 15.7. The van der Waals surface area contributed by atoms with E-state index in [0.717, 1.165) is 18.7 Å². The fourth-order valence-electron chi connectivity index (χ4n) is 3.14. The number of carbonyl (C=O) groups excluding carboxylic acids is 1. The summed E-state index contributed by atoms with van der Waals surface area (Å²) in [7, 11) is 2.16. The molecule has 1 N–H and O–H groups in total. The predicted octanol–water partition coefficient (Wildman–Crippen LogP) is 1.73. The number of benzene rings is 1. The molecular weight excluding hydrogens is 290 g/mol. The molecule has 2 heterocycles. The zero-order valence-corrected chi connectivity index (χ0v) is 13.5. The standard InChI is InChI=1S/C17H23N5O/c1-21-11-5-6-14(13-21)9-10-18-17(23)16-12-19-20-22(16)15-7-3-2-4-8-15/h2-4,7-8,12,14H,5-6,9-11,13H2,1H3,(H,18,23). The van der Waals surface area contributed by atoms with E-state index in [2.05, 4.69) is 27.6 Å². The SMILES string of the molecule is CN1CCCC(CCNC(=O)c2cnnn2-c2ccccc2)C1. The van der Waals surface area contributed by atoms with E-state index in [9.17, 15) is 4.79 Å². The lowest BCUT2D eigenvalue weighted by Crippen LogP contribution is -2.35. The van der Waals surface area contributed by atoms with E-state index >= 15 is 0 Å². The Bertz CT molecular complexity index is 639. The Morgan fingerprint density at radius 2 is 2.17 bits per heavy atom. The van der Waals surface area contributed by atoms with Gasteiger partial charge in [0.25, 0.3) is 5.91 Å². The third-order valence-electron chi connectivity index (χ3n) is 4.34. The molecule has 1 atom stereocenters. The molecular formula is C17H23N5O. The van der Waals surface area contributed by atoms with E-state index in [1.165, 1.54) is 25.6 Å². The molecule has 0 radical (unpaired) electrons. The molecule has 6 nitrogen and oxygen atoms in total. The molecule has 0 aliphatic carbocycles. The van der Waals surface area contributed by atoms with Gasteiger partial charge < -0.3 is 10.2 Å². The molecule has 1 fully saturated rings.